The molecule has 0 aliphatic rings. The van der Waals surface area contributed by atoms with Crippen LogP contribution < -0.4 is 11.5 Å². The van der Waals surface area contributed by atoms with Gasteiger partial charge in [0.25, 0.3) is 5.91 Å². The van der Waals surface area contributed by atoms with Gasteiger partial charge in [-0.15, -0.1) is 11.3 Å². The van der Waals surface area contributed by atoms with Crippen molar-refractivity contribution >= 4 is 28.1 Å². The summed E-state index contributed by atoms with van der Waals surface area (Å²) >= 11 is 1.14. The molecule has 0 aliphatic heterocycles. The first kappa shape index (κ1) is 11.4. The van der Waals surface area contributed by atoms with E-state index in [0.29, 0.717) is 0 Å². The summed E-state index contributed by atoms with van der Waals surface area (Å²) in [6, 6.07) is 0. The van der Waals surface area contributed by atoms with Gasteiger partial charge in [0.1, 0.15) is 19.0 Å². The van der Waals surface area contributed by atoms with E-state index < -0.39 is 12.6 Å². The summed E-state index contributed by atoms with van der Waals surface area (Å²) in [5, 5.41) is 5.18. The number of anilines is 1. The summed E-state index contributed by atoms with van der Waals surface area (Å²) in [5.41, 5.74) is 10.5. The first-order chi connectivity index (χ1) is 7.15. The van der Waals surface area contributed by atoms with Crippen molar-refractivity contribution in [3.05, 3.63) is 11.1 Å². The van der Waals surface area contributed by atoms with Crippen LogP contribution in [-0.2, 0) is 9.63 Å². The van der Waals surface area contributed by atoms with Crippen LogP contribution in [-0.4, -0.2) is 29.9 Å². The number of thiazole rings is 1. The SMILES string of the molecule is NC(=O)/C(=N/OCCF)c1csc(N)n1. The highest BCUT2D eigenvalue weighted by atomic mass is 32.1. The van der Waals surface area contributed by atoms with E-state index >= 15 is 0 Å². The molecule has 6 nitrogen and oxygen atoms in total. The molecule has 15 heavy (non-hydrogen) atoms. The molecule has 1 aromatic rings. The number of halogens is 1. The van der Waals surface area contributed by atoms with Gasteiger partial charge >= 0.3 is 0 Å². The lowest BCUT2D eigenvalue weighted by atomic mass is 10.3. The molecule has 82 valence electrons. The molecular formula is C7H9FN4O2S. The molecule has 0 radical (unpaired) electrons. The molecule has 0 saturated carbocycles. The predicted molar refractivity (Wildman–Crippen MR) is 54.2 cm³/mol. The molecule has 1 rings (SSSR count). The Kier molecular flexibility index (Phi) is 3.98. The number of nitrogen functional groups attached to an aromatic ring is 1. The number of amides is 1. The Morgan fingerprint density at radius 3 is 2.93 bits per heavy atom. The molecule has 0 saturated heterocycles. The molecule has 0 atom stereocenters. The second kappa shape index (κ2) is 5.25. The number of nitrogens with two attached hydrogens (primary N) is 2. The number of carbonyl (C=O) groups is 1. The number of oxime groups is 1. The Morgan fingerprint density at radius 1 is 1.73 bits per heavy atom. The van der Waals surface area contributed by atoms with Crippen molar-refractivity contribution in [1.82, 2.24) is 4.98 Å². The number of nitrogens with zero attached hydrogens (tertiary/aromatic N) is 2. The van der Waals surface area contributed by atoms with E-state index in [-0.39, 0.29) is 23.1 Å². The molecule has 0 bridgehead atoms. The van der Waals surface area contributed by atoms with E-state index in [1.807, 2.05) is 0 Å². The topological polar surface area (TPSA) is 104 Å². The first-order valence-electron chi connectivity index (χ1n) is 3.92. The molecule has 1 heterocycles. The number of alkyl halides is 1. The first-order valence-corrected chi connectivity index (χ1v) is 4.80. The fourth-order valence-electron chi connectivity index (χ4n) is 0.759. The minimum Gasteiger partial charge on any atom is -0.392 e. The zero-order valence-electron chi connectivity index (χ0n) is 7.64. The van der Waals surface area contributed by atoms with E-state index in [1.165, 1.54) is 5.38 Å². The standard InChI is InChI=1S/C7H9FN4O2S/c8-1-2-14-12-5(6(9)13)4-3-15-7(10)11-4/h3H,1-2H2,(H2,9,13)(H2,10,11)/b12-5+. The predicted octanol–water partition coefficient (Wildman–Crippen LogP) is -0.0992. The minimum absolute atomic E-state index is 0.170. The molecule has 0 unspecified atom stereocenters. The van der Waals surface area contributed by atoms with Gasteiger partial charge in [0.05, 0.1) is 0 Å². The lowest BCUT2D eigenvalue weighted by Crippen LogP contribution is -2.25. The summed E-state index contributed by atoms with van der Waals surface area (Å²) < 4.78 is 11.7. The molecule has 4 N–H and O–H groups in total. The van der Waals surface area contributed by atoms with Gasteiger partial charge in [0.2, 0.25) is 0 Å². The minimum atomic E-state index is -0.806. The Labute approximate surface area is 88.7 Å². The Hall–Kier alpha value is -1.70. The van der Waals surface area contributed by atoms with E-state index in [2.05, 4.69) is 15.0 Å². The van der Waals surface area contributed by atoms with Crippen LogP contribution in [0.25, 0.3) is 0 Å². The van der Waals surface area contributed by atoms with Gasteiger partial charge in [0, 0.05) is 5.38 Å². The molecular weight excluding hydrogens is 223 g/mol. The van der Waals surface area contributed by atoms with Gasteiger partial charge in [-0.25, -0.2) is 9.37 Å². The average Bonchev–Trinajstić information content (AvgIpc) is 2.59. The van der Waals surface area contributed by atoms with Crippen molar-refractivity contribution in [2.75, 3.05) is 19.0 Å². The van der Waals surface area contributed by atoms with Crippen molar-refractivity contribution < 1.29 is 14.0 Å². The summed E-state index contributed by atoms with van der Waals surface area (Å²) in [5.74, 6) is -0.806. The highest BCUT2D eigenvalue weighted by Gasteiger charge is 2.14. The zero-order valence-corrected chi connectivity index (χ0v) is 8.46. The second-order valence-electron chi connectivity index (χ2n) is 2.40. The van der Waals surface area contributed by atoms with Crippen LogP contribution in [0, 0.1) is 0 Å². The summed E-state index contributed by atoms with van der Waals surface area (Å²) in [6.45, 7) is -0.939. The van der Waals surface area contributed by atoms with Crippen molar-refractivity contribution in [1.29, 1.82) is 0 Å². The van der Waals surface area contributed by atoms with Crippen molar-refractivity contribution in [2.24, 2.45) is 10.9 Å². The van der Waals surface area contributed by atoms with Crippen molar-refractivity contribution in [2.45, 2.75) is 0 Å². The van der Waals surface area contributed by atoms with E-state index in [4.69, 9.17) is 11.5 Å². The Bertz CT molecular complexity index is 379. The summed E-state index contributed by atoms with van der Waals surface area (Å²) in [7, 11) is 0. The van der Waals surface area contributed by atoms with Crippen LogP contribution >= 0.6 is 11.3 Å². The third kappa shape index (κ3) is 3.17. The lowest BCUT2D eigenvalue weighted by Gasteiger charge is -1.98. The Balaban J connectivity index is 2.83. The number of rotatable bonds is 5. The van der Waals surface area contributed by atoms with Crippen LogP contribution in [0.2, 0.25) is 0 Å². The van der Waals surface area contributed by atoms with Gasteiger partial charge < -0.3 is 16.3 Å². The number of aromatic nitrogens is 1. The van der Waals surface area contributed by atoms with Crippen LogP contribution in [0.3, 0.4) is 0 Å². The van der Waals surface area contributed by atoms with Crippen LogP contribution in [0.15, 0.2) is 10.5 Å². The van der Waals surface area contributed by atoms with E-state index in [0.717, 1.165) is 11.3 Å². The monoisotopic (exact) mass is 232 g/mol. The number of primary amides is 1. The zero-order chi connectivity index (χ0) is 11.3. The fraction of sp³-hybridized carbons (Fsp3) is 0.286. The highest BCUT2D eigenvalue weighted by Crippen LogP contribution is 2.12. The number of hydrogen-bond donors (Lipinski definition) is 2. The van der Waals surface area contributed by atoms with Crippen LogP contribution in [0.5, 0.6) is 0 Å². The summed E-state index contributed by atoms with van der Waals surface area (Å²) in [4.78, 5) is 19.3. The molecule has 0 aromatic carbocycles. The molecule has 8 heteroatoms. The van der Waals surface area contributed by atoms with E-state index in [9.17, 15) is 9.18 Å². The van der Waals surface area contributed by atoms with Crippen LogP contribution in [0.4, 0.5) is 9.52 Å². The van der Waals surface area contributed by atoms with Gasteiger partial charge in [-0.3, -0.25) is 4.79 Å². The van der Waals surface area contributed by atoms with Gasteiger partial charge in [-0.05, 0) is 0 Å². The maximum Gasteiger partial charge on any atom is 0.273 e. The maximum atomic E-state index is 11.7. The highest BCUT2D eigenvalue weighted by molar-refractivity contribution is 7.13. The third-order valence-electron chi connectivity index (χ3n) is 1.32. The quantitative estimate of drug-likeness (QED) is 0.420. The van der Waals surface area contributed by atoms with E-state index in [1.54, 1.807) is 0 Å². The van der Waals surface area contributed by atoms with Crippen molar-refractivity contribution in [3.8, 4) is 0 Å². The molecule has 0 fully saturated rings. The maximum absolute atomic E-state index is 11.7. The number of carbonyl (C=O) groups excluding carboxylic acids is 1. The Morgan fingerprint density at radius 2 is 2.47 bits per heavy atom. The molecule has 0 spiro atoms. The van der Waals surface area contributed by atoms with Gasteiger partial charge in [-0.1, -0.05) is 5.16 Å². The van der Waals surface area contributed by atoms with Crippen molar-refractivity contribution in [3.63, 3.8) is 0 Å². The second-order valence-corrected chi connectivity index (χ2v) is 3.29. The van der Waals surface area contributed by atoms with Crippen LogP contribution in [0.1, 0.15) is 5.69 Å². The van der Waals surface area contributed by atoms with Gasteiger partial charge in [-0.2, -0.15) is 0 Å². The summed E-state index contributed by atoms with van der Waals surface area (Å²) in [6.07, 6.45) is 0. The molecule has 1 amide bonds. The molecule has 0 aliphatic carbocycles. The molecule has 1 aromatic heterocycles. The van der Waals surface area contributed by atoms with Gasteiger partial charge in [0.15, 0.2) is 10.8 Å². The lowest BCUT2D eigenvalue weighted by molar-refractivity contribution is -0.112. The third-order valence-corrected chi connectivity index (χ3v) is 2.00. The average molecular weight is 232 g/mol. The fourth-order valence-corrected chi connectivity index (χ4v) is 1.31. The number of hydrogen-bond acceptors (Lipinski definition) is 6. The smallest absolute Gasteiger partial charge is 0.273 e. The normalized spacial score (nSPS) is 11.4. The largest absolute Gasteiger partial charge is 0.392 e.